The predicted molar refractivity (Wildman–Crippen MR) is 47.6 cm³/mol. The lowest BCUT2D eigenvalue weighted by molar-refractivity contribution is -0.140. The average molecular weight is 192 g/mol. The minimum absolute atomic E-state index is 0. The van der Waals surface area contributed by atoms with Crippen molar-refractivity contribution in [1.82, 2.24) is 5.32 Å². The van der Waals surface area contributed by atoms with Crippen molar-refractivity contribution in [3.05, 3.63) is 0 Å². The van der Waals surface area contributed by atoms with Gasteiger partial charge < -0.3 is 10.4 Å². The van der Waals surface area contributed by atoms with Gasteiger partial charge in [-0.15, -0.1) is 12.4 Å². The smallest absolute Gasteiger partial charge is 0.320 e. The van der Waals surface area contributed by atoms with Crippen LogP contribution in [0.15, 0.2) is 0 Å². The molecule has 70 valence electrons. The van der Waals surface area contributed by atoms with Gasteiger partial charge in [-0.1, -0.05) is 0 Å². The monoisotopic (exact) mass is 191 g/mol. The van der Waals surface area contributed by atoms with Crippen LogP contribution in [0.3, 0.4) is 0 Å². The Kier molecular flexibility index (Phi) is 2.64. The van der Waals surface area contributed by atoms with Crippen LogP contribution in [0, 0.1) is 5.41 Å². The number of carboxylic acids is 1. The van der Waals surface area contributed by atoms with E-state index in [4.69, 9.17) is 5.11 Å². The number of carbonyl (C=O) groups is 1. The Hall–Kier alpha value is -0.280. The SMILES string of the molecule is Cl.O=C(O)C1CCC2(CC2)CN1. The third-order valence-corrected chi connectivity index (χ3v) is 2.94. The predicted octanol–water partition coefficient (Wildman–Crippen LogP) is 1.02. The lowest BCUT2D eigenvalue weighted by Crippen LogP contribution is -2.44. The minimum atomic E-state index is -0.694. The number of nitrogens with one attached hydrogen (secondary N) is 1. The normalized spacial score (nSPS) is 30.8. The van der Waals surface area contributed by atoms with Crippen LogP contribution in [0.4, 0.5) is 0 Å². The van der Waals surface area contributed by atoms with E-state index in [1.54, 1.807) is 0 Å². The van der Waals surface area contributed by atoms with Crippen LogP contribution in [-0.2, 0) is 4.79 Å². The average Bonchev–Trinajstić information content (AvgIpc) is 2.70. The number of rotatable bonds is 1. The second-order valence-corrected chi connectivity index (χ2v) is 3.81. The van der Waals surface area contributed by atoms with Gasteiger partial charge in [0.2, 0.25) is 0 Å². The fraction of sp³-hybridized carbons (Fsp3) is 0.875. The van der Waals surface area contributed by atoms with Crippen molar-refractivity contribution in [2.24, 2.45) is 5.41 Å². The summed E-state index contributed by atoms with van der Waals surface area (Å²) in [5, 5.41) is 11.7. The first kappa shape index (κ1) is 9.81. The summed E-state index contributed by atoms with van der Waals surface area (Å²) in [5.74, 6) is -0.694. The molecular formula is C8H14ClNO2. The van der Waals surface area contributed by atoms with E-state index < -0.39 is 5.97 Å². The molecule has 1 unspecified atom stereocenters. The van der Waals surface area contributed by atoms with E-state index in [1.807, 2.05) is 0 Å². The molecule has 12 heavy (non-hydrogen) atoms. The molecule has 2 fully saturated rings. The number of carboxylic acid groups (broad SMARTS) is 1. The molecule has 0 aromatic heterocycles. The summed E-state index contributed by atoms with van der Waals surface area (Å²) in [6.07, 6.45) is 4.52. The Labute approximate surface area is 77.9 Å². The molecule has 3 nitrogen and oxygen atoms in total. The maximum atomic E-state index is 10.5. The van der Waals surface area contributed by atoms with Crippen LogP contribution in [0.1, 0.15) is 25.7 Å². The van der Waals surface area contributed by atoms with E-state index in [2.05, 4.69) is 5.32 Å². The van der Waals surface area contributed by atoms with Crippen LogP contribution in [0.5, 0.6) is 0 Å². The van der Waals surface area contributed by atoms with E-state index in [9.17, 15) is 4.79 Å². The zero-order valence-corrected chi connectivity index (χ0v) is 7.69. The summed E-state index contributed by atoms with van der Waals surface area (Å²) in [4.78, 5) is 10.5. The van der Waals surface area contributed by atoms with Crippen molar-refractivity contribution in [3.8, 4) is 0 Å². The number of hydrogen-bond donors (Lipinski definition) is 2. The first-order chi connectivity index (χ1) is 5.22. The molecule has 0 bridgehead atoms. The van der Waals surface area contributed by atoms with Gasteiger partial charge in [0.05, 0.1) is 0 Å². The summed E-state index contributed by atoms with van der Waals surface area (Å²) in [6.45, 7) is 0.921. The molecule has 0 aromatic carbocycles. The highest BCUT2D eigenvalue weighted by atomic mass is 35.5. The summed E-state index contributed by atoms with van der Waals surface area (Å²) in [5.41, 5.74) is 0.520. The van der Waals surface area contributed by atoms with Crippen LogP contribution in [0.25, 0.3) is 0 Å². The van der Waals surface area contributed by atoms with Gasteiger partial charge >= 0.3 is 5.97 Å². The maximum Gasteiger partial charge on any atom is 0.320 e. The molecule has 2 N–H and O–H groups in total. The largest absolute Gasteiger partial charge is 0.480 e. The lowest BCUT2D eigenvalue weighted by Gasteiger charge is -2.26. The van der Waals surface area contributed by atoms with Crippen LogP contribution >= 0.6 is 12.4 Å². The van der Waals surface area contributed by atoms with Crippen molar-refractivity contribution >= 4 is 18.4 Å². The van der Waals surface area contributed by atoms with Crippen molar-refractivity contribution in [3.63, 3.8) is 0 Å². The summed E-state index contributed by atoms with van der Waals surface area (Å²) in [6, 6.07) is -0.277. The molecule has 0 radical (unpaired) electrons. The first-order valence-corrected chi connectivity index (χ1v) is 4.18. The molecule has 1 atom stereocenters. The Bertz CT molecular complexity index is 181. The zero-order valence-electron chi connectivity index (χ0n) is 6.88. The van der Waals surface area contributed by atoms with Gasteiger partial charge in [-0.3, -0.25) is 4.79 Å². The third kappa shape index (κ3) is 1.72. The van der Waals surface area contributed by atoms with Crippen LogP contribution in [0.2, 0.25) is 0 Å². The third-order valence-electron chi connectivity index (χ3n) is 2.94. The molecule has 2 aliphatic rings. The van der Waals surface area contributed by atoms with Gasteiger partial charge in [-0.05, 0) is 31.1 Å². The number of halogens is 1. The van der Waals surface area contributed by atoms with Gasteiger partial charge in [0, 0.05) is 6.54 Å². The molecule has 2 rings (SSSR count). The second-order valence-electron chi connectivity index (χ2n) is 3.81. The minimum Gasteiger partial charge on any atom is -0.480 e. The number of piperidine rings is 1. The van der Waals surface area contributed by atoms with E-state index in [0.29, 0.717) is 5.41 Å². The summed E-state index contributed by atoms with van der Waals surface area (Å²) < 4.78 is 0. The molecule has 0 aromatic rings. The molecule has 4 heteroatoms. The van der Waals surface area contributed by atoms with Crippen molar-refractivity contribution < 1.29 is 9.90 Å². The summed E-state index contributed by atoms with van der Waals surface area (Å²) >= 11 is 0. The Balaban J connectivity index is 0.000000720. The van der Waals surface area contributed by atoms with Crippen LogP contribution in [-0.4, -0.2) is 23.7 Å². The van der Waals surface area contributed by atoms with Gasteiger partial charge in [-0.2, -0.15) is 0 Å². The second kappa shape index (κ2) is 3.23. The molecule has 1 saturated heterocycles. The summed E-state index contributed by atoms with van der Waals surface area (Å²) in [7, 11) is 0. The van der Waals surface area contributed by atoms with Crippen molar-refractivity contribution in [2.75, 3.05) is 6.54 Å². The highest BCUT2D eigenvalue weighted by Crippen LogP contribution is 2.50. The molecular weight excluding hydrogens is 178 g/mol. The molecule has 1 saturated carbocycles. The Morgan fingerprint density at radius 1 is 1.42 bits per heavy atom. The topological polar surface area (TPSA) is 49.3 Å². The van der Waals surface area contributed by atoms with Crippen LogP contribution < -0.4 is 5.32 Å². The van der Waals surface area contributed by atoms with Gasteiger partial charge in [-0.25, -0.2) is 0 Å². The maximum absolute atomic E-state index is 10.5. The zero-order chi connectivity index (χ0) is 7.90. The van der Waals surface area contributed by atoms with E-state index in [0.717, 1.165) is 19.4 Å². The Morgan fingerprint density at radius 3 is 2.42 bits per heavy atom. The standard InChI is InChI=1S/C8H13NO2.ClH/c10-7(11)6-1-2-8(3-4-8)5-9-6;/h6,9H,1-5H2,(H,10,11);1H. The van der Waals surface area contributed by atoms with E-state index in [1.165, 1.54) is 12.8 Å². The molecule has 1 spiro atoms. The Morgan fingerprint density at radius 2 is 2.08 bits per heavy atom. The fourth-order valence-corrected chi connectivity index (χ4v) is 1.80. The lowest BCUT2D eigenvalue weighted by atomic mass is 9.92. The number of aliphatic carboxylic acids is 1. The van der Waals surface area contributed by atoms with Gasteiger partial charge in [0.1, 0.15) is 6.04 Å². The van der Waals surface area contributed by atoms with Gasteiger partial charge in [0.25, 0.3) is 0 Å². The molecule has 1 aliphatic heterocycles. The van der Waals surface area contributed by atoms with Crippen molar-refractivity contribution in [1.29, 1.82) is 0 Å². The van der Waals surface area contributed by atoms with Gasteiger partial charge in [0.15, 0.2) is 0 Å². The number of hydrogen-bond acceptors (Lipinski definition) is 2. The molecule has 1 aliphatic carbocycles. The first-order valence-electron chi connectivity index (χ1n) is 4.18. The van der Waals surface area contributed by atoms with Crippen molar-refractivity contribution in [2.45, 2.75) is 31.7 Å². The fourth-order valence-electron chi connectivity index (χ4n) is 1.80. The molecule has 0 amide bonds. The highest BCUT2D eigenvalue weighted by molar-refractivity contribution is 5.85. The van der Waals surface area contributed by atoms with E-state index >= 15 is 0 Å². The highest BCUT2D eigenvalue weighted by Gasteiger charge is 2.45. The quantitative estimate of drug-likeness (QED) is 0.651. The molecule has 1 heterocycles. The van der Waals surface area contributed by atoms with E-state index in [-0.39, 0.29) is 18.4 Å².